The molecule has 11 heteroatoms. The zero-order valence-corrected chi connectivity index (χ0v) is 23.6. The fraction of sp³-hybridized carbons (Fsp3) is 0.387. The number of alkyl halides is 1. The predicted octanol–water partition coefficient (Wildman–Crippen LogP) is 5.32. The van der Waals surface area contributed by atoms with Gasteiger partial charge in [-0.1, -0.05) is 12.0 Å². The minimum atomic E-state index is -0.909. The second-order valence-corrected chi connectivity index (χ2v) is 12.4. The Morgan fingerprint density at radius 3 is 2.81 bits per heavy atom. The van der Waals surface area contributed by atoms with Gasteiger partial charge in [0.15, 0.2) is 5.82 Å². The molecule has 2 atom stereocenters. The largest absolute Gasteiger partial charge is 0.508 e. The lowest BCUT2D eigenvalue weighted by atomic mass is 9.95. The maximum atomic E-state index is 16.6. The van der Waals surface area contributed by atoms with Crippen molar-refractivity contribution >= 4 is 39.3 Å². The Bertz CT molecular complexity index is 1760. The molecule has 5 heterocycles. The molecule has 4 aromatic rings. The molecule has 0 spiro atoms. The van der Waals surface area contributed by atoms with Gasteiger partial charge < -0.3 is 14.7 Å². The second-order valence-electron chi connectivity index (χ2n) is 11.1. The molecule has 3 aliphatic rings. The fourth-order valence-electron chi connectivity index (χ4n) is 6.69. The van der Waals surface area contributed by atoms with Gasteiger partial charge in [-0.15, -0.1) is 6.42 Å². The number of halogens is 3. The summed E-state index contributed by atoms with van der Waals surface area (Å²) in [5.41, 5.74) is -0.465. The van der Waals surface area contributed by atoms with Gasteiger partial charge in [-0.3, -0.25) is 9.88 Å². The molecule has 0 amide bonds. The van der Waals surface area contributed by atoms with Gasteiger partial charge in [0.2, 0.25) is 0 Å². The number of rotatable bonds is 5. The van der Waals surface area contributed by atoms with Crippen LogP contribution >= 0.6 is 11.8 Å². The normalized spacial score (nSPS) is 22.5. The van der Waals surface area contributed by atoms with E-state index in [9.17, 15) is 13.9 Å². The van der Waals surface area contributed by atoms with E-state index in [-0.39, 0.29) is 46.1 Å². The Morgan fingerprint density at radius 1 is 1.17 bits per heavy atom. The summed E-state index contributed by atoms with van der Waals surface area (Å²) in [5.74, 6) is 3.11. The van der Waals surface area contributed by atoms with Crippen LogP contribution in [0.1, 0.15) is 24.8 Å². The standard InChI is InChI=1S/C31H28F3N5O2S/c1-2-21-24(33)5-4-18-12-20(40)13-22(25(18)21)27-26(34)28-23(15-35-27)29(38-8-10-42-11-9-38)37-30(36-28)41-17-31-6-3-7-39(31)16-19(32)14-31/h1,4-5,12-13,15,19,40H,3,6-11,14,16-17H2. The van der Waals surface area contributed by atoms with E-state index in [2.05, 4.69) is 25.7 Å². The summed E-state index contributed by atoms with van der Waals surface area (Å²) in [7, 11) is 0. The maximum absolute atomic E-state index is 16.6. The van der Waals surface area contributed by atoms with E-state index >= 15 is 4.39 Å². The third-order valence-electron chi connectivity index (χ3n) is 8.64. The highest BCUT2D eigenvalue weighted by molar-refractivity contribution is 7.99. The van der Waals surface area contributed by atoms with Gasteiger partial charge in [0.25, 0.3) is 0 Å². The van der Waals surface area contributed by atoms with Gasteiger partial charge >= 0.3 is 6.01 Å². The van der Waals surface area contributed by atoms with Crippen LogP contribution in [0.3, 0.4) is 0 Å². The summed E-state index contributed by atoms with van der Waals surface area (Å²) < 4.78 is 51.8. The van der Waals surface area contributed by atoms with Crippen molar-refractivity contribution in [2.75, 3.05) is 49.2 Å². The molecule has 0 radical (unpaired) electrons. The number of aromatic nitrogens is 3. The Morgan fingerprint density at radius 2 is 2.00 bits per heavy atom. The number of hydrogen-bond donors (Lipinski definition) is 1. The van der Waals surface area contributed by atoms with Crippen molar-refractivity contribution in [2.24, 2.45) is 0 Å². The van der Waals surface area contributed by atoms with Crippen LogP contribution in [0.15, 0.2) is 30.5 Å². The van der Waals surface area contributed by atoms with E-state index in [1.807, 2.05) is 11.8 Å². The van der Waals surface area contributed by atoms with Gasteiger partial charge in [0.1, 0.15) is 41.4 Å². The molecule has 7 nitrogen and oxygen atoms in total. The molecule has 2 aromatic heterocycles. The third kappa shape index (κ3) is 4.48. The van der Waals surface area contributed by atoms with Crippen molar-refractivity contribution in [3.63, 3.8) is 0 Å². The van der Waals surface area contributed by atoms with Crippen molar-refractivity contribution in [3.05, 3.63) is 47.7 Å². The average molecular weight is 592 g/mol. The number of anilines is 1. The van der Waals surface area contributed by atoms with Crippen molar-refractivity contribution in [1.29, 1.82) is 0 Å². The number of thioether (sulfide) groups is 1. The SMILES string of the molecule is C#Cc1c(F)ccc2cc(O)cc(-c3ncc4c(N5CCSCC5)nc(OCC56CCCN5CC(F)C6)nc4c3F)c12. The number of benzene rings is 2. The summed E-state index contributed by atoms with van der Waals surface area (Å²) in [6.45, 7) is 2.84. The number of phenolic OH excluding ortho intramolecular Hbond substituents is 1. The van der Waals surface area contributed by atoms with Gasteiger partial charge in [-0.25, -0.2) is 13.2 Å². The molecular formula is C31H28F3N5O2S. The molecule has 2 aromatic carbocycles. The zero-order chi connectivity index (χ0) is 29.0. The first kappa shape index (κ1) is 27.1. The molecule has 42 heavy (non-hydrogen) atoms. The van der Waals surface area contributed by atoms with Crippen LogP contribution in [-0.2, 0) is 0 Å². The smallest absolute Gasteiger partial charge is 0.319 e. The number of terminal acetylenes is 1. The molecule has 3 fully saturated rings. The second kappa shape index (κ2) is 10.5. The zero-order valence-electron chi connectivity index (χ0n) is 22.7. The highest BCUT2D eigenvalue weighted by atomic mass is 32.2. The topological polar surface area (TPSA) is 74.6 Å². The number of aromatic hydroxyl groups is 1. The molecule has 3 aliphatic heterocycles. The van der Waals surface area contributed by atoms with Crippen LogP contribution in [0.25, 0.3) is 32.9 Å². The Hall–Kier alpha value is -3.75. The van der Waals surface area contributed by atoms with E-state index in [1.54, 1.807) is 0 Å². The van der Waals surface area contributed by atoms with Crippen molar-refractivity contribution in [2.45, 2.75) is 31.0 Å². The third-order valence-corrected chi connectivity index (χ3v) is 9.58. The molecule has 0 saturated carbocycles. The number of ether oxygens (including phenoxy) is 1. The quantitative estimate of drug-likeness (QED) is 0.313. The van der Waals surface area contributed by atoms with Crippen molar-refractivity contribution in [1.82, 2.24) is 19.9 Å². The Balaban J connectivity index is 1.38. The summed E-state index contributed by atoms with van der Waals surface area (Å²) in [6.07, 6.45) is 8.41. The number of pyridine rings is 1. The molecule has 7 rings (SSSR count). The van der Waals surface area contributed by atoms with Crippen LogP contribution in [0.5, 0.6) is 11.8 Å². The van der Waals surface area contributed by atoms with Crippen LogP contribution in [0, 0.1) is 24.0 Å². The first-order valence-electron chi connectivity index (χ1n) is 14.0. The molecule has 3 saturated heterocycles. The van der Waals surface area contributed by atoms with E-state index in [4.69, 9.17) is 16.1 Å². The minimum Gasteiger partial charge on any atom is -0.508 e. The average Bonchev–Trinajstić information content (AvgIpc) is 3.52. The molecule has 216 valence electrons. The van der Waals surface area contributed by atoms with Crippen molar-refractivity contribution in [3.8, 4) is 35.4 Å². The highest BCUT2D eigenvalue weighted by Crippen LogP contribution is 2.41. The monoisotopic (exact) mass is 591 g/mol. The van der Waals surface area contributed by atoms with Crippen molar-refractivity contribution < 1.29 is 23.0 Å². The first-order chi connectivity index (χ1) is 20.4. The lowest BCUT2D eigenvalue weighted by Crippen LogP contribution is -2.43. The number of phenols is 1. The molecule has 0 bridgehead atoms. The molecule has 1 N–H and O–H groups in total. The van der Waals surface area contributed by atoms with Gasteiger partial charge in [-0.2, -0.15) is 21.7 Å². The van der Waals surface area contributed by atoms with Crippen LogP contribution < -0.4 is 9.64 Å². The van der Waals surface area contributed by atoms with E-state index in [1.165, 1.54) is 30.5 Å². The Kier molecular flexibility index (Phi) is 6.78. The number of fused-ring (bicyclic) bond motifs is 3. The molecule has 2 unspecified atom stereocenters. The lowest BCUT2D eigenvalue weighted by Gasteiger charge is -2.31. The summed E-state index contributed by atoms with van der Waals surface area (Å²) >= 11 is 1.83. The Labute approximate surface area is 245 Å². The first-order valence-corrected chi connectivity index (χ1v) is 15.2. The van der Waals surface area contributed by atoms with Crippen LogP contribution in [0.4, 0.5) is 19.0 Å². The lowest BCUT2D eigenvalue weighted by molar-refractivity contribution is 0.107. The molecule has 0 aliphatic carbocycles. The van der Waals surface area contributed by atoms with Gasteiger partial charge in [-0.05, 0) is 43.0 Å². The van der Waals surface area contributed by atoms with Crippen LogP contribution in [0.2, 0.25) is 0 Å². The minimum absolute atomic E-state index is 0.00596. The van der Waals surface area contributed by atoms with Gasteiger partial charge in [0.05, 0.1) is 16.5 Å². The summed E-state index contributed by atoms with van der Waals surface area (Å²) in [6, 6.07) is 5.46. The number of nitrogens with zero attached hydrogens (tertiary/aromatic N) is 5. The number of hydrogen-bond acceptors (Lipinski definition) is 8. The van der Waals surface area contributed by atoms with Gasteiger partial charge in [0, 0.05) is 54.7 Å². The predicted molar refractivity (Wildman–Crippen MR) is 158 cm³/mol. The summed E-state index contributed by atoms with van der Waals surface area (Å²) in [5, 5.41) is 11.6. The van der Waals surface area contributed by atoms with E-state index < -0.39 is 23.3 Å². The van der Waals surface area contributed by atoms with E-state index in [0.717, 1.165) is 30.9 Å². The van der Waals surface area contributed by atoms with E-state index in [0.29, 0.717) is 42.6 Å². The molecular weight excluding hydrogens is 563 g/mol. The summed E-state index contributed by atoms with van der Waals surface area (Å²) in [4.78, 5) is 17.9. The van der Waals surface area contributed by atoms with Crippen LogP contribution in [-0.4, -0.2) is 81.0 Å². The maximum Gasteiger partial charge on any atom is 0.319 e. The fourth-order valence-corrected chi connectivity index (χ4v) is 7.59. The highest BCUT2D eigenvalue weighted by Gasteiger charge is 2.49.